The van der Waals surface area contributed by atoms with Crippen molar-refractivity contribution in [3.63, 3.8) is 0 Å². The molecule has 2 aromatic heterocycles. The normalized spacial score (nSPS) is 10.9. The average Bonchev–Trinajstić information content (AvgIpc) is 2.99. The third kappa shape index (κ3) is 4.30. The molecule has 0 radical (unpaired) electrons. The van der Waals surface area contributed by atoms with Crippen LogP contribution in [0.4, 0.5) is 5.69 Å². The third-order valence-electron chi connectivity index (χ3n) is 4.45. The summed E-state index contributed by atoms with van der Waals surface area (Å²) in [5.41, 5.74) is 3.97. The largest absolute Gasteiger partial charge is 0.347 e. The van der Waals surface area contributed by atoms with Gasteiger partial charge in [0.25, 0.3) is 5.56 Å². The van der Waals surface area contributed by atoms with Crippen molar-refractivity contribution in [2.24, 2.45) is 0 Å². The molecule has 0 saturated heterocycles. The zero-order valence-electron chi connectivity index (χ0n) is 15.7. The Morgan fingerprint density at radius 2 is 1.93 bits per heavy atom. The van der Waals surface area contributed by atoms with Gasteiger partial charge < -0.3 is 10.6 Å². The molecule has 0 aliphatic rings. The molecule has 146 valence electrons. The number of carbonyl (C=O) groups excluding carboxylic acids is 2. The van der Waals surface area contributed by atoms with E-state index in [4.69, 9.17) is 0 Å². The molecule has 8 nitrogen and oxygen atoms in total. The molecule has 0 aliphatic heterocycles. The molecule has 2 heterocycles. The number of fused-ring (bicyclic) bond motifs is 1. The highest BCUT2D eigenvalue weighted by atomic mass is 79.9. The monoisotopic (exact) mass is 445 g/mol. The van der Waals surface area contributed by atoms with Crippen LogP contribution >= 0.6 is 15.9 Å². The molecule has 0 bridgehead atoms. The average molecular weight is 446 g/mol. The van der Waals surface area contributed by atoms with Crippen LogP contribution < -0.4 is 16.2 Å². The second kappa shape index (κ2) is 7.97. The van der Waals surface area contributed by atoms with Gasteiger partial charge in [-0.15, -0.1) is 0 Å². The smallest absolute Gasteiger partial charge is 0.266 e. The van der Waals surface area contributed by atoms with Crippen LogP contribution in [0.1, 0.15) is 22.5 Å². The number of aromatic nitrogens is 3. The maximum Gasteiger partial charge on any atom is 0.266 e. The molecule has 0 fully saturated rings. The third-order valence-corrected chi connectivity index (χ3v) is 4.94. The number of nitrogens with one attached hydrogen (secondary N) is 3. The van der Waals surface area contributed by atoms with Gasteiger partial charge in [0.05, 0.1) is 13.0 Å². The van der Waals surface area contributed by atoms with Gasteiger partial charge in [-0.2, -0.15) is 0 Å². The Morgan fingerprint density at radius 1 is 1.18 bits per heavy atom. The number of rotatable bonds is 5. The first-order chi connectivity index (χ1) is 13.2. The number of nitrogens with zero attached hydrogens (tertiary/aromatic N) is 2. The molecule has 1 aromatic carbocycles. The Morgan fingerprint density at radius 3 is 2.64 bits per heavy atom. The quantitative estimate of drug-likeness (QED) is 0.557. The van der Waals surface area contributed by atoms with Gasteiger partial charge in [-0.3, -0.25) is 19.5 Å². The Labute approximate surface area is 169 Å². The summed E-state index contributed by atoms with van der Waals surface area (Å²) in [5.74, 6) is -0.611. The number of H-pyrrole nitrogens is 1. The lowest BCUT2D eigenvalue weighted by Crippen LogP contribution is -2.34. The number of hydrogen-bond acceptors (Lipinski definition) is 4. The summed E-state index contributed by atoms with van der Waals surface area (Å²) < 4.78 is 2.48. The Kier molecular flexibility index (Phi) is 5.64. The number of carbonyl (C=O) groups is 2. The summed E-state index contributed by atoms with van der Waals surface area (Å²) in [6.45, 7) is 5.35. The van der Waals surface area contributed by atoms with Crippen LogP contribution in [0.2, 0.25) is 0 Å². The van der Waals surface area contributed by atoms with Gasteiger partial charge in [-0.1, -0.05) is 15.9 Å². The van der Waals surface area contributed by atoms with Crippen LogP contribution in [0.3, 0.4) is 0 Å². The lowest BCUT2D eigenvalue weighted by molar-refractivity contribution is -0.123. The van der Waals surface area contributed by atoms with Crippen molar-refractivity contribution in [1.29, 1.82) is 0 Å². The zero-order chi connectivity index (χ0) is 20.4. The number of hydrogen-bond donors (Lipinski definition) is 3. The first-order valence-corrected chi connectivity index (χ1v) is 9.44. The van der Waals surface area contributed by atoms with E-state index in [9.17, 15) is 14.4 Å². The first-order valence-electron chi connectivity index (χ1n) is 8.65. The van der Waals surface area contributed by atoms with Gasteiger partial charge in [-0.05, 0) is 44.5 Å². The molecule has 0 unspecified atom stereocenters. The molecule has 0 aliphatic carbocycles. The molecule has 3 N–H and O–H groups in total. The fourth-order valence-corrected chi connectivity index (χ4v) is 3.45. The molecule has 0 spiro atoms. The van der Waals surface area contributed by atoms with Gasteiger partial charge in [0, 0.05) is 33.2 Å². The maximum absolute atomic E-state index is 12.3. The van der Waals surface area contributed by atoms with Crippen LogP contribution in [-0.2, 0) is 16.0 Å². The van der Waals surface area contributed by atoms with Gasteiger partial charge in [0.15, 0.2) is 5.65 Å². The minimum atomic E-state index is -0.310. The van der Waals surface area contributed by atoms with Crippen molar-refractivity contribution in [2.75, 3.05) is 11.9 Å². The van der Waals surface area contributed by atoms with Crippen molar-refractivity contribution in [3.05, 3.63) is 61.6 Å². The lowest BCUT2D eigenvalue weighted by atomic mass is 10.1. The van der Waals surface area contributed by atoms with E-state index < -0.39 is 0 Å². The summed E-state index contributed by atoms with van der Waals surface area (Å²) in [5, 5.41) is 8.05. The minimum Gasteiger partial charge on any atom is -0.347 e. The van der Waals surface area contributed by atoms with Crippen molar-refractivity contribution < 1.29 is 9.59 Å². The zero-order valence-corrected chi connectivity index (χ0v) is 17.3. The van der Waals surface area contributed by atoms with Crippen molar-refractivity contribution in [2.45, 2.75) is 27.2 Å². The minimum absolute atomic E-state index is 0.0609. The van der Waals surface area contributed by atoms with Crippen LogP contribution in [0.15, 0.2) is 33.5 Å². The summed E-state index contributed by atoms with van der Waals surface area (Å²) in [6.07, 6.45) is 0.0609. The topological polar surface area (TPSA) is 108 Å². The fourth-order valence-electron chi connectivity index (χ4n) is 2.98. The second-order valence-electron chi connectivity index (χ2n) is 6.54. The molecular formula is C19H20BrN5O3. The first kappa shape index (κ1) is 19.8. The lowest BCUT2D eigenvalue weighted by Gasteiger charge is -2.12. The molecule has 0 atom stereocenters. The van der Waals surface area contributed by atoms with Gasteiger partial charge in [0.1, 0.15) is 0 Å². The summed E-state index contributed by atoms with van der Waals surface area (Å²) in [4.78, 5) is 40.3. The highest BCUT2D eigenvalue weighted by Gasteiger charge is 2.15. The van der Waals surface area contributed by atoms with Gasteiger partial charge in [-0.25, -0.2) is 9.50 Å². The van der Waals surface area contributed by atoms with E-state index in [2.05, 4.69) is 36.6 Å². The Bertz CT molecular complexity index is 1130. The van der Waals surface area contributed by atoms with E-state index in [1.165, 1.54) is 6.07 Å². The van der Waals surface area contributed by atoms with Crippen LogP contribution in [0, 0.1) is 20.8 Å². The summed E-state index contributed by atoms with van der Waals surface area (Å²) >= 11 is 3.38. The number of anilines is 1. The molecule has 3 aromatic rings. The van der Waals surface area contributed by atoms with E-state index in [0.29, 0.717) is 22.6 Å². The highest BCUT2D eigenvalue weighted by molar-refractivity contribution is 9.10. The summed E-state index contributed by atoms with van der Waals surface area (Å²) in [6, 6.07) is 6.93. The number of aromatic amines is 1. The highest BCUT2D eigenvalue weighted by Crippen LogP contribution is 2.19. The predicted molar refractivity (Wildman–Crippen MR) is 110 cm³/mol. The van der Waals surface area contributed by atoms with Crippen LogP contribution in [0.5, 0.6) is 0 Å². The molecule has 3 rings (SSSR count). The van der Waals surface area contributed by atoms with E-state index in [0.717, 1.165) is 15.7 Å². The molecule has 9 heteroatoms. The van der Waals surface area contributed by atoms with E-state index in [-0.39, 0.29) is 30.3 Å². The van der Waals surface area contributed by atoms with Crippen LogP contribution in [0.25, 0.3) is 5.65 Å². The van der Waals surface area contributed by atoms with Crippen molar-refractivity contribution in [1.82, 2.24) is 19.9 Å². The van der Waals surface area contributed by atoms with E-state index >= 15 is 0 Å². The van der Waals surface area contributed by atoms with Gasteiger partial charge in [0.2, 0.25) is 11.8 Å². The maximum atomic E-state index is 12.3. The molecule has 0 saturated carbocycles. The predicted octanol–water partition coefficient (Wildman–Crippen LogP) is 2.01. The molecular weight excluding hydrogens is 426 g/mol. The second-order valence-corrected chi connectivity index (χ2v) is 7.45. The molecule has 2 amide bonds. The number of aryl methyl sites for hydroxylation is 3. The van der Waals surface area contributed by atoms with Crippen molar-refractivity contribution in [3.8, 4) is 0 Å². The Hall–Kier alpha value is -2.94. The van der Waals surface area contributed by atoms with E-state index in [1.54, 1.807) is 17.5 Å². The van der Waals surface area contributed by atoms with Crippen LogP contribution in [-0.4, -0.2) is 33.0 Å². The van der Waals surface area contributed by atoms with Gasteiger partial charge >= 0.3 is 0 Å². The SMILES string of the molecule is Cc1cc(Br)ccc1NC(=O)CNC(=O)Cc1c(C)nc2cc(=O)[nH]n2c1C. The van der Waals surface area contributed by atoms with E-state index in [1.807, 2.05) is 26.0 Å². The fraction of sp³-hybridized carbons (Fsp3) is 0.263. The number of halogens is 1. The molecule has 28 heavy (non-hydrogen) atoms. The standard InChI is InChI=1S/C19H20BrN5O3/c1-10-6-13(20)4-5-15(10)23-19(28)9-21-17(26)7-14-11(2)22-16-8-18(27)24-25(16)12(14)3/h4-6,8H,7,9H2,1-3H3,(H,21,26)(H,23,28)(H,24,27). The number of amides is 2. The summed E-state index contributed by atoms with van der Waals surface area (Å²) in [7, 11) is 0. The number of benzene rings is 1. The Balaban J connectivity index is 1.63. The van der Waals surface area contributed by atoms with Crippen molar-refractivity contribution >= 4 is 39.1 Å².